The van der Waals surface area contributed by atoms with Gasteiger partial charge in [-0.25, -0.2) is 14.0 Å². The number of amides is 2. The minimum absolute atomic E-state index is 0.0259. The SMILES string of the molecule is CC(C)(C)OC(=O)C(O)N1C(=O)[C@H](NC(=O)Cc2ccccc2)[C@@H]1SCC(CF)OC(=O)OCC(Cl)(Cl)Cl. The molecule has 4 atom stereocenters. The number of hydrogen-bond acceptors (Lipinski definition) is 9. The van der Waals surface area contributed by atoms with Crippen molar-refractivity contribution in [2.24, 2.45) is 0 Å². The molecule has 1 saturated heterocycles. The minimum Gasteiger partial charge on any atom is -0.457 e. The summed E-state index contributed by atoms with van der Waals surface area (Å²) in [6.45, 7) is 2.99. The molecule has 1 aromatic carbocycles. The van der Waals surface area contributed by atoms with Crippen LogP contribution in [0.4, 0.5) is 9.18 Å². The third-order valence-corrected chi connectivity index (χ3v) is 6.46. The van der Waals surface area contributed by atoms with Crippen molar-refractivity contribution in [1.29, 1.82) is 0 Å². The van der Waals surface area contributed by atoms with Crippen LogP contribution >= 0.6 is 46.6 Å². The largest absolute Gasteiger partial charge is 0.508 e. The molecule has 0 bridgehead atoms. The maximum absolute atomic E-state index is 13.6. The maximum Gasteiger partial charge on any atom is 0.508 e. The molecule has 212 valence electrons. The van der Waals surface area contributed by atoms with Crippen LogP contribution in [0.5, 0.6) is 0 Å². The van der Waals surface area contributed by atoms with Gasteiger partial charge in [-0.3, -0.25) is 14.5 Å². The third-order valence-electron chi connectivity index (χ3n) is 4.73. The maximum atomic E-state index is 13.6. The first-order valence-corrected chi connectivity index (χ1v) is 13.4. The summed E-state index contributed by atoms with van der Waals surface area (Å²) in [6.07, 6.45) is -4.65. The van der Waals surface area contributed by atoms with E-state index in [2.05, 4.69) is 10.1 Å². The van der Waals surface area contributed by atoms with E-state index in [0.29, 0.717) is 5.56 Å². The highest BCUT2D eigenvalue weighted by Crippen LogP contribution is 2.33. The smallest absolute Gasteiger partial charge is 0.457 e. The van der Waals surface area contributed by atoms with E-state index >= 15 is 0 Å². The molecule has 2 amide bonds. The summed E-state index contributed by atoms with van der Waals surface area (Å²) in [7, 11) is 0. The van der Waals surface area contributed by atoms with Crippen molar-refractivity contribution < 1.29 is 42.9 Å². The number of ether oxygens (including phenoxy) is 3. The zero-order valence-electron chi connectivity index (χ0n) is 20.7. The normalized spacial score (nSPS) is 19.2. The second-order valence-corrected chi connectivity index (χ2v) is 12.8. The average molecular weight is 618 g/mol. The number of carbonyl (C=O) groups excluding carboxylic acids is 4. The van der Waals surface area contributed by atoms with Crippen LogP contribution < -0.4 is 5.32 Å². The number of thioether (sulfide) groups is 1. The number of rotatable bonds is 11. The number of nitrogens with zero attached hydrogens (tertiary/aromatic N) is 1. The number of halogens is 4. The predicted octanol–water partition coefficient (Wildman–Crippen LogP) is 3.14. The van der Waals surface area contributed by atoms with E-state index in [0.717, 1.165) is 16.7 Å². The lowest BCUT2D eigenvalue weighted by atomic mass is 10.1. The number of likely N-dealkylation sites (tertiary alicyclic amines) is 1. The molecule has 0 saturated carbocycles. The molecule has 2 unspecified atom stereocenters. The molecular formula is C23H28Cl3FN2O8S. The quantitative estimate of drug-likeness (QED) is 0.218. The zero-order valence-corrected chi connectivity index (χ0v) is 23.8. The number of β-lactam (4-membered cyclic amide) rings is 1. The van der Waals surface area contributed by atoms with Gasteiger partial charge in [0.1, 0.15) is 36.4 Å². The fourth-order valence-corrected chi connectivity index (χ4v) is 4.65. The van der Waals surface area contributed by atoms with Gasteiger partial charge in [0, 0.05) is 5.75 Å². The Labute approximate surface area is 238 Å². The average Bonchev–Trinajstić information content (AvgIpc) is 2.81. The summed E-state index contributed by atoms with van der Waals surface area (Å²) in [4.78, 5) is 50.4. The molecule has 1 heterocycles. The van der Waals surface area contributed by atoms with Gasteiger partial charge in [0.25, 0.3) is 5.91 Å². The van der Waals surface area contributed by atoms with Crippen LogP contribution in [-0.4, -0.2) is 86.1 Å². The predicted molar refractivity (Wildman–Crippen MR) is 140 cm³/mol. The van der Waals surface area contributed by atoms with Crippen molar-refractivity contribution in [3.05, 3.63) is 35.9 Å². The van der Waals surface area contributed by atoms with Crippen molar-refractivity contribution in [3.8, 4) is 0 Å². The topological polar surface area (TPSA) is 131 Å². The van der Waals surface area contributed by atoms with Gasteiger partial charge in [0.05, 0.1) is 6.42 Å². The molecule has 1 fully saturated rings. The Morgan fingerprint density at radius 3 is 2.37 bits per heavy atom. The highest BCUT2D eigenvalue weighted by molar-refractivity contribution is 8.00. The van der Waals surface area contributed by atoms with Crippen molar-refractivity contribution in [3.63, 3.8) is 0 Å². The first-order chi connectivity index (χ1) is 17.6. The van der Waals surface area contributed by atoms with E-state index in [-0.39, 0.29) is 12.2 Å². The van der Waals surface area contributed by atoms with Crippen LogP contribution in [0.3, 0.4) is 0 Å². The van der Waals surface area contributed by atoms with Crippen LogP contribution in [0.2, 0.25) is 0 Å². The van der Waals surface area contributed by atoms with E-state index in [1.54, 1.807) is 51.1 Å². The first-order valence-electron chi connectivity index (χ1n) is 11.3. The van der Waals surface area contributed by atoms with Crippen molar-refractivity contribution >= 4 is 70.5 Å². The van der Waals surface area contributed by atoms with Gasteiger partial charge in [-0.05, 0) is 26.3 Å². The Morgan fingerprint density at radius 1 is 1.18 bits per heavy atom. The lowest BCUT2D eigenvalue weighted by Crippen LogP contribution is -2.73. The molecular weight excluding hydrogens is 590 g/mol. The summed E-state index contributed by atoms with van der Waals surface area (Å²) in [6, 6.07) is 7.62. The first kappa shape index (κ1) is 32.2. The van der Waals surface area contributed by atoms with E-state index in [1.807, 2.05) is 0 Å². The zero-order chi connectivity index (χ0) is 28.7. The summed E-state index contributed by atoms with van der Waals surface area (Å²) in [5.41, 5.74) is -0.246. The Kier molecular flexibility index (Phi) is 11.8. The van der Waals surface area contributed by atoms with Gasteiger partial charge in [-0.15, -0.1) is 11.8 Å². The molecule has 0 spiro atoms. The van der Waals surface area contributed by atoms with Crippen LogP contribution in [0.25, 0.3) is 0 Å². The van der Waals surface area contributed by atoms with Crippen LogP contribution in [0.15, 0.2) is 30.3 Å². The van der Waals surface area contributed by atoms with Gasteiger partial charge >= 0.3 is 12.1 Å². The van der Waals surface area contributed by atoms with Gasteiger partial charge in [-0.1, -0.05) is 65.1 Å². The van der Waals surface area contributed by atoms with E-state index in [9.17, 15) is 28.7 Å². The summed E-state index contributed by atoms with van der Waals surface area (Å²) >= 11 is 17.4. The lowest BCUT2D eigenvalue weighted by molar-refractivity contribution is -0.189. The lowest BCUT2D eigenvalue weighted by Gasteiger charge is -2.48. The molecule has 1 aromatic rings. The highest BCUT2D eigenvalue weighted by atomic mass is 35.6. The Bertz CT molecular complexity index is 993. The van der Waals surface area contributed by atoms with Crippen molar-refractivity contribution in [1.82, 2.24) is 10.2 Å². The number of hydrogen-bond donors (Lipinski definition) is 2. The molecule has 1 aliphatic heterocycles. The molecule has 1 aliphatic rings. The molecule has 0 radical (unpaired) electrons. The van der Waals surface area contributed by atoms with E-state index < -0.39 is 70.4 Å². The summed E-state index contributed by atoms with van der Waals surface area (Å²) in [5, 5.41) is 12.1. The van der Waals surface area contributed by atoms with Crippen LogP contribution in [-0.2, 0) is 35.0 Å². The van der Waals surface area contributed by atoms with Crippen molar-refractivity contribution in [2.75, 3.05) is 19.0 Å². The minimum atomic E-state index is -1.99. The fraction of sp³-hybridized carbons (Fsp3) is 0.565. The molecule has 10 nitrogen and oxygen atoms in total. The van der Waals surface area contributed by atoms with Gasteiger partial charge < -0.3 is 24.6 Å². The number of nitrogens with one attached hydrogen (secondary N) is 1. The Morgan fingerprint density at radius 2 is 1.82 bits per heavy atom. The third kappa shape index (κ3) is 10.3. The number of benzene rings is 1. The highest BCUT2D eigenvalue weighted by Gasteiger charge is 2.53. The van der Waals surface area contributed by atoms with E-state index in [1.165, 1.54) is 0 Å². The monoisotopic (exact) mass is 616 g/mol. The number of alkyl halides is 4. The number of carbonyl (C=O) groups is 4. The summed E-state index contributed by atoms with van der Waals surface area (Å²) < 4.78 is 26.3. The van der Waals surface area contributed by atoms with Crippen molar-refractivity contribution in [2.45, 2.75) is 60.3 Å². The second-order valence-electron chi connectivity index (χ2n) is 9.13. The molecule has 0 aliphatic carbocycles. The molecule has 2 N–H and O–H groups in total. The second kappa shape index (κ2) is 13.9. The molecule has 38 heavy (non-hydrogen) atoms. The molecule has 2 rings (SSSR count). The van der Waals surface area contributed by atoms with Gasteiger partial charge in [0.2, 0.25) is 15.9 Å². The molecule has 0 aromatic heterocycles. The van der Waals surface area contributed by atoms with Gasteiger partial charge in [-0.2, -0.15) is 0 Å². The Hall–Kier alpha value is -1.99. The number of aliphatic hydroxyl groups excluding tert-OH is 1. The van der Waals surface area contributed by atoms with Gasteiger partial charge in [0.15, 0.2) is 0 Å². The van der Waals surface area contributed by atoms with Crippen LogP contribution in [0.1, 0.15) is 26.3 Å². The van der Waals surface area contributed by atoms with Crippen LogP contribution in [0, 0.1) is 0 Å². The van der Waals surface area contributed by atoms with E-state index in [4.69, 9.17) is 44.3 Å². The summed E-state index contributed by atoms with van der Waals surface area (Å²) in [5.74, 6) is -2.55. The number of aliphatic hydroxyl groups is 1. The number of esters is 1. The standard InChI is InChI=1S/C23H28Cl3FN2O8S/c1-22(2,3)37-20(33)18(32)29-17(31)16(28-15(30)9-13-7-5-4-6-8-13)19(29)38-11-14(10-27)36-21(34)35-12-23(24,25)26/h4-8,14,16,18-19,32H,9-12H2,1-3H3,(H,28,30)/t14?,16-,18?,19-/m0/s1. The molecule has 15 heteroatoms. The Balaban J connectivity index is 2.10. The fourth-order valence-electron chi connectivity index (χ4n) is 3.16.